The highest BCUT2D eigenvalue weighted by Crippen LogP contribution is 2.46. The highest BCUT2D eigenvalue weighted by molar-refractivity contribution is 5.96. The molecule has 3 fully saturated rings. The number of aromatic nitrogens is 1. The maximum atomic E-state index is 14.6. The van der Waals surface area contributed by atoms with E-state index in [0.29, 0.717) is 39.0 Å². The molecule has 7 rings (SSSR count). The normalized spacial score (nSPS) is 28.2. The topological polar surface area (TPSA) is 138 Å². The number of likely N-dealkylation sites (tertiary alicyclic amines) is 1. The first-order valence-corrected chi connectivity index (χ1v) is 19.3. The zero-order valence-electron chi connectivity index (χ0n) is 31.8. The van der Waals surface area contributed by atoms with Gasteiger partial charge in [-0.2, -0.15) is 0 Å². The number of amides is 2. The second-order valence-electron chi connectivity index (χ2n) is 16.6. The lowest BCUT2D eigenvalue weighted by Crippen LogP contribution is -2.56. The van der Waals surface area contributed by atoms with E-state index in [1.807, 2.05) is 81.5 Å². The van der Waals surface area contributed by atoms with Crippen molar-refractivity contribution in [3.63, 3.8) is 0 Å². The van der Waals surface area contributed by atoms with Crippen LogP contribution in [0.25, 0.3) is 22.2 Å². The molecule has 11 heteroatoms. The molecule has 0 unspecified atom stereocenters. The Morgan fingerprint density at radius 3 is 2.56 bits per heavy atom. The molecule has 0 bridgehead atoms. The van der Waals surface area contributed by atoms with Gasteiger partial charge in [0, 0.05) is 60.9 Å². The van der Waals surface area contributed by atoms with E-state index in [1.165, 1.54) is 0 Å². The van der Waals surface area contributed by atoms with Gasteiger partial charge in [0.25, 0.3) is 0 Å². The summed E-state index contributed by atoms with van der Waals surface area (Å²) in [7, 11) is 1.64. The summed E-state index contributed by atoms with van der Waals surface area (Å²) in [5.41, 5.74) is 1.70. The quantitative estimate of drug-likeness (QED) is 0.221. The van der Waals surface area contributed by atoms with Gasteiger partial charge < -0.3 is 24.8 Å². The van der Waals surface area contributed by atoms with Gasteiger partial charge in [-0.05, 0) is 76.1 Å². The minimum atomic E-state index is -1.39. The van der Waals surface area contributed by atoms with Gasteiger partial charge in [0.15, 0.2) is 0 Å². The van der Waals surface area contributed by atoms with Gasteiger partial charge >= 0.3 is 11.9 Å². The van der Waals surface area contributed by atoms with Crippen molar-refractivity contribution in [2.75, 3.05) is 26.7 Å². The molecule has 2 aromatic carbocycles. The van der Waals surface area contributed by atoms with Crippen LogP contribution < -0.4 is 10.1 Å². The van der Waals surface area contributed by atoms with Crippen molar-refractivity contribution in [3.8, 4) is 17.0 Å². The number of pyridine rings is 1. The predicted octanol–water partition coefficient (Wildman–Crippen LogP) is 6.00. The first-order chi connectivity index (χ1) is 25.8. The van der Waals surface area contributed by atoms with Gasteiger partial charge in [0.05, 0.1) is 24.7 Å². The van der Waals surface area contributed by atoms with Crippen molar-refractivity contribution in [3.05, 3.63) is 72.3 Å². The number of hydrogen-bond donors (Lipinski definition) is 2. The van der Waals surface area contributed by atoms with Gasteiger partial charge in [-0.1, -0.05) is 55.3 Å². The van der Waals surface area contributed by atoms with Gasteiger partial charge in [-0.15, -0.1) is 0 Å². The number of ether oxygens (including phenoxy) is 2. The molecule has 3 aliphatic heterocycles. The number of nitrogens with zero attached hydrogens (tertiary/aromatic N) is 3. The van der Waals surface area contributed by atoms with Crippen molar-refractivity contribution >= 4 is 34.7 Å². The second kappa shape index (κ2) is 15.2. The molecule has 54 heavy (non-hydrogen) atoms. The third kappa shape index (κ3) is 7.87. The third-order valence-electron chi connectivity index (χ3n) is 11.6. The van der Waals surface area contributed by atoms with Crippen LogP contribution in [0, 0.1) is 23.7 Å². The summed E-state index contributed by atoms with van der Waals surface area (Å²) in [6.45, 7) is 7.59. The van der Waals surface area contributed by atoms with Crippen molar-refractivity contribution < 1.29 is 33.8 Å². The van der Waals surface area contributed by atoms with E-state index in [0.717, 1.165) is 59.2 Å². The Hall–Kier alpha value is -4.77. The molecule has 0 radical (unpaired) electrons. The molecular formula is C43H52N4O7. The molecule has 3 aromatic rings. The van der Waals surface area contributed by atoms with Crippen LogP contribution in [0.3, 0.4) is 0 Å². The average Bonchev–Trinajstić information content (AvgIpc) is 3.51. The number of esters is 1. The van der Waals surface area contributed by atoms with Crippen LogP contribution in [-0.4, -0.2) is 87.6 Å². The van der Waals surface area contributed by atoms with Crippen molar-refractivity contribution in [2.24, 2.45) is 23.7 Å². The number of rotatable bonds is 7. The Balaban J connectivity index is 1.19. The Labute approximate surface area is 317 Å². The summed E-state index contributed by atoms with van der Waals surface area (Å²) in [4.78, 5) is 63.8. The Kier molecular flexibility index (Phi) is 10.5. The number of carboxylic acid groups (broad SMARTS) is 1. The zero-order chi connectivity index (χ0) is 38.2. The van der Waals surface area contributed by atoms with Crippen LogP contribution in [0.4, 0.5) is 0 Å². The summed E-state index contributed by atoms with van der Waals surface area (Å²) in [6.07, 6.45) is 8.02. The van der Waals surface area contributed by atoms with Crippen LogP contribution in [-0.2, 0) is 30.5 Å². The number of nitrogens with one attached hydrogen (secondary N) is 1. The van der Waals surface area contributed by atoms with Gasteiger partial charge in [-0.25, -0.2) is 9.78 Å². The smallest absolute Gasteiger partial charge is 0.330 e. The lowest BCUT2D eigenvalue weighted by molar-refractivity contribution is -0.159. The number of fused-ring (bicyclic) bond motifs is 5. The van der Waals surface area contributed by atoms with E-state index in [4.69, 9.17) is 14.5 Å². The summed E-state index contributed by atoms with van der Waals surface area (Å²) in [5, 5.41) is 14.3. The molecule has 2 amide bonds. The van der Waals surface area contributed by atoms with E-state index in [9.17, 15) is 24.3 Å². The van der Waals surface area contributed by atoms with Gasteiger partial charge in [0.2, 0.25) is 11.8 Å². The predicted molar refractivity (Wildman–Crippen MR) is 204 cm³/mol. The van der Waals surface area contributed by atoms with E-state index < -0.39 is 40.9 Å². The second-order valence-corrected chi connectivity index (χ2v) is 16.6. The minimum absolute atomic E-state index is 0.0109. The molecule has 2 N–H and O–H groups in total. The fourth-order valence-electron chi connectivity index (χ4n) is 8.84. The number of benzene rings is 2. The summed E-state index contributed by atoms with van der Waals surface area (Å²) in [5.74, 6) is -2.60. The highest BCUT2D eigenvalue weighted by Gasteiger charge is 2.62. The monoisotopic (exact) mass is 736 g/mol. The van der Waals surface area contributed by atoms with Gasteiger partial charge in [0.1, 0.15) is 22.9 Å². The Bertz CT molecular complexity index is 1940. The molecule has 4 aliphatic rings. The fraction of sp³-hybridized carbons (Fsp3) is 0.512. The Morgan fingerprint density at radius 2 is 1.81 bits per heavy atom. The molecule has 6 atom stereocenters. The van der Waals surface area contributed by atoms with Crippen LogP contribution in [0.2, 0.25) is 0 Å². The van der Waals surface area contributed by atoms with Crippen molar-refractivity contribution in [1.82, 2.24) is 20.1 Å². The number of allylic oxidation sites excluding steroid dienone is 1. The maximum Gasteiger partial charge on any atom is 0.330 e. The van der Waals surface area contributed by atoms with E-state index >= 15 is 0 Å². The highest BCUT2D eigenvalue weighted by atomic mass is 16.6. The van der Waals surface area contributed by atoms with E-state index in [1.54, 1.807) is 12.0 Å². The molecule has 0 spiro atoms. The molecule has 11 nitrogen and oxygen atoms in total. The Morgan fingerprint density at radius 1 is 1.02 bits per heavy atom. The minimum Gasteiger partial charge on any atom is -0.497 e. The lowest BCUT2D eigenvalue weighted by atomic mass is 9.92. The molecule has 1 saturated carbocycles. The van der Waals surface area contributed by atoms with Gasteiger partial charge in [-0.3, -0.25) is 19.3 Å². The van der Waals surface area contributed by atoms with E-state index in [2.05, 4.69) is 16.3 Å². The molecular weight excluding hydrogens is 684 g/mol. The number of carboxylic acids is 1. The van der Waals surface area contributed by atoms with Crippen LogP contribution >= 0.6 is 0 Å². The molecule has 2 saturated heterocycles. The molecule has 1 aromatic heterocycles. The number of hydrogen-bond acceptors (Lipinski definition) is 8. The van der Waals surface area contributed by atoms with Crippen LogP contribution in [0.1, 0.15) is 71.3 Å². The standard InChI is InChI=1S/C43H52N4O7/c1-42(2,3)54-37(48)20-28-15-9-6-5-7-12-16-31-22-43(31,41(51)52)45-39(49)38-34-26-46(24-30(34)25-47(38)40(28)50)23-29-19-35(27-13-10-8-11-14-27)44-36-21-32(53-4)17-18-33(29)36/h8,10-14,16-19,21,28,30-31,34,38H,5-7,9,15,20,22-26H2,1-4H3,(H,45,49)(H,51,52)/b16-12-/t28-,30-,31+,34-,38-,43+/m0/s1. The fourth-order valence-corrected chi connectivity index (χ4v) is 8.84. The van der Waals surface area contributed by atoms with Crippen LogP contribution in [0.5, 0.6) is 5.75 Å². The molecule has 4 heterocycles. The number of carbonyl (C=O) groups is 4. The molecule has 286 valence electrons. The maximum absolute atomic E-state index is 14.6. The average molecular weight is 737 g/mol. The number of carbonyl (C=O) groups excluding carboxylic acids is 3. The third-order valence-corrected chi connectivity index (χ3v) is 11.6. The lowest BCUT2D eigenvalue weighted by Gasteiger charge is -2.32. The summed E-state index contributed by atoms with van der Waals surface area (Å²) < 4.78 is 11.2. The largest absolute Gasteiger partial charge is 0.497 e. The molecule has 1 aliphatic carbocycles. The SMILES string of the molecule is COc1ccc2c(CN3C[C@H]4CN5C(=O)[C@H](CC(=O)OC(C)(C)C)CCCCC/C=C\[C@@H]6C[C@@]6(C(=O)O)NC(=O)[C@@H]5[C@H]4C3)cc(-c3ccccc3)nc2c1. The number of methoxy groups -OCH3 is 1. The van der Waals surface area contributed by atoms with Crippen molar-refractivity contribution in [1.29, 1.82) is 0 Å². The number of aliphatic carboxylic acids is 1. The van der Waals surface area contributed by atoms with Crippen LogP contribution in [0.15, 0.2) is 66.7 Å². The first-order valence-electron chi connectivity index (χ1n) is 19.3. The first kappa shape index (κ1) is 37.5. The van der Waals surface area contributed by atoms with Crippen molar-refractivity contribution in [2.45, 2.75) is 89.4 Å². The van der Waals surface area contributed by atoms with E-state index in [-0.39, 0.29) is 30.1 Å². The summed E-state index contributed by atoms with van der Waals surface area (Å²) >= 11 is 0. The summed E-state index contributed by atoms with van der Waals surface area (Å²) in [6, 6.07) is 17.2. The zero-order valence-corrected chi connectivity index (χ0v) is 31.8.